The van der Waals surface area contributed by atoms with Crippen molar-refractivity contribution < 1.29 is 17.5 Å². The molecule has 0 aromatic carbocycles. The second kappa shape index (κ2) is 6.60. The third-order valence-electron chi connectivity index (χ3n) is 1.93. The Balaban J connectivity index is 4.27. The smallest absolute Gasteiger partial charge is 0.322 e. The first kappa shape index (κ1) is 17.5. The summed E-state index contributed by atoms with van der Waals surface area (Å²) < 4.78 is 17.6. The number of unbranched alkanes of at least 4 members (excludes halogenated alkanes) is 1. The summed E-state index contributed by atoms with van der Waals surface area (Å²) in [6, 6.07) is 0. The second-order valence-corrected chi connectivity index (χ2v) is 16.1. The average molecular weight is 297 g/mol. The molecule has 0 spiro atoms. The van der Waals surface area contributed by atoms with E-state index >= 15 is 0 Å². The van der Waals surface area contributed by atoms with Gasteiger partial charge in [0.15, 0.2) is 0 Å². The molecule has 1 N–H and O–H groups in total. The summed E-state index contributed by atoms with van der Waals surface area (Å²) in [5.74, 6) is 0. The van der Waals surface area contributed by atoms with E-state index in [1.165, 1.54) is 0 Å². The van der Waals surface area contributed by atoms with Crippen LogP contribution in [-0.4, -0.2) is 37.1 Å². The fraction of sp³-hybridized carbons (Fsp3) is 1.00. The van der Waals surface area contributed by atoms with Gasteiger partial charge in [0, 0.05) is 6.61 Å². The lowest BCUT2D eigenvalue weighted by atomic mass is 10.4. The van der Waals surface area contributed by atoms with E-state index in [4.69, 9.17) is 12.7 Å². The maximum absolute atomic E-state index is 9.81. The molecule has 0 rings (SSSR count). The van der Waals surface area contributed by atoms with Gasteiger partial charge in [0.1, 0.15) is 0 Å². The minimum atomic E-state index is -2.53. The van der Waals surface area contributed by atoms with Crippen molar-refractivity contribution in [3.63, 3.8) is 0 Å². The molecule has 0 bridgehead atoms. The molecule has 17 heavy (non-hydrogen) atoms. The van der Waals surface area contributed by atoms with E-state index in [-0.39, 0.29) is 0 Å². The van der Waals surface area contributed by atoms with Crippen molar-refractivity contribution in [3.05, 3.63) is 0 Å². The third-order valence-corrected chi connectivity index (χ3v) is 10.7. The molecule has 104 valence electrons. The van der Waals surface area contributed by atoms with Crippen LogP contribution in [0.2, 0.25) is 39.3 Å². The molecule has 0 aliphatic carbocycles. The summed E-state index contributed by atoms with van der Waals surface area (Å²) in [6.45, 7) is 14.4. The van der Waals surface area contributed by atoms with Crippen molar-refractivity contribution in [1.29, 1.82) is 0 Å². The summed E-state index contributed by atoms with van der Waals surface area (Å²) in [6.07, 6.45) is 2.18. The first-order chi connectivity index (χ1) is 7.47. The van der Waals surface area contributed by atoms with Crippen molar-refractivity contribution in [1.82, 2.24) is 0 Å². The number of hydrogen-bond donors (Lipinski definition) is 1. The van der Waals surface area contributed by atoms with E-state index in [0.717, 1.165) is 19.4 Å². The Morgan fingerprint density at radius 3 is 1.82 bits per heavy atom. The average Bonchev–Trinajstić information content (AvgIpc) is 1.96. The summed E-state index contributed by atoms with van der Waals surface area (Å²) in [7, 11) is -6.94. The van der Waals surface area contributed by atoms with Gasteiger partial charge in [-0.25, -0.2) is 0 Å². The Kier molecular flexibility index (Phi) is 6.79. The van der Waals surface area contributed by atoms with Gasteiger partial charge in [-0.05, 0) is 45.7 Å². The van der Waals surface area contributed by atoms with E-state index in [0.29, 0.717) is 0 Å². The molecule has 0 amide bonds. The number of rotatable bonds is 8. The van der Waals surface area contributed by atoms with Gasteiger partial charge >= 0.3 is 25.7 Å². The normalized spacial score (nSPS) is 14.1. The molecule has 0 aliphatic heterocycles. The quantitative estimate of drug-likeness (QED) is 0.552. The molecule has 4 nitrogen and oxygen atoms in total. The van der Waals surface area contributed by atoms with Gasteiger partial charge in [0.2, 0.25) is 0 Å². The lowest BCUT2D eigenvalue weighted by molar-refractivity contribution is 0.220. The van der Waals surface area contributed by atoms with E-state index < -0.39 is 25.7 Å². The van der Waals surface area contributed by atoms with Gasteiger partial charge in [-0.2, -0.15) is 0 Å². The Labute approximate surface area is 109 Å². The molecule has 0 atom stereocenters. The molecule has 0 unspecified atom stereocenters. The van der Waals surface area contributed by atoms with Crippen LogP contribution in [0.3, 0.4) is 0 Å². The first-order valence-corrected chi connectivity index (χ1v) is 14.7. The summed E-state index contributed by atoms with van der Waals surface area (Å²) in [4.78, 5) is 9.81. The summed E-state index contributed by atoms with van der Waals surface area (Å²) in [5, 5.41) is 0. The van der Waals surface area contributed by atoms with Crippen LogP contribution < -0.4 is 0 Å². The van der Waals surface area contributed by atoms with Gasteiger partial charge < -0.3 is 17.5 Å². The monoisotopic (exact) mass is 296 g/mol. The highest BCUT2D eigenvalue weighted by Gasteiger charge is 2.40. The SMILES string of the molecule is CCCCO[Si](C)(C)O[Si](C)(C)O[Si](C)(C)O. The van der Waals surface area contributed by atoms with Gasteiger partial charge in [0.25, 0.3) is 0 Å². The largest absolute Gasteiger partial charge is 0.416 e. The zero-order chi connectivity index (χ0) is 13.7. The van der Waals surface area contributed by atoms with Gasteiger partial charge in [-0.15, -0.1) is 0 Å². The van der Waals surface area contributed by atoms with E-state index in [9.17, 15) is 4.80 Å². The molecule has 0 aromatic heterocycles. The van der Waals surface area contributed by atoms with Crippen LogP contribution in [0.5, 0.6) is 0 Å². The van der Waals surface area contributed by atoms with Gasteiger partial charge in [0.05, 0.1) is 0 Å². The first-order valence-electron chi connectivity index (χ1n) is 6.24. The highest BCUT2D eigenvalue weighted by atomic mass is 28.5. The maximum Gasteiger partial charge on any atom is 0.322 e. The van der Waals surface area contributed by atoms with Crippen molar-refractivity contribution >= 4 is 25.7 Å². The molecular weight excluding hydrogens is 268 g/mol. The van der Waals surface area contributed by atoms with Crippen LogP contribution in [-0.2, 0) is 12.7 Å². The maximum atomic E-state index is 9.81. The second-order valence-electron chi connectivity index (χ2n) is 5.65. The molecular formula is C10H28O4Si3. The molecule has 0 radical (unpaired) electrons. The minimum absolute atomic E-state index is 0.750. The van der Waals surface area contributed by atoms with E-state index in [1.54, 1.807) is 13.1 Å². The van der Waals surface area contributed by atoms with Crippen molar-refractivity contribution in [2.24, 2.45) is 0 Å². The van der Waals surface area contributed by atoms with Crippen LogP contribution in [0.4, 0.5) is 0 Å². The fourth-order valence-corrected chi connectivity index (χ4v) is 12.7. The minimum Gasteiger partial charge on any atom is -0.416 e. The summed E-state index contributed by atoms with van der Waals surface area (Å²) in [5.41, 5.74) is 0. The molecule has 0 heterocycles. The standard InChI is InChI=1S/C10H28O4Si3/c1-8-9-10-12-16(4,5)14-17(6,7)13-15(2,3)11/h11H,8-10H2,1-7H3. The predicted octanol–water partition coefficient (Wildman–Crippen LogP) is 2.93. The molecule has 7 heteroatoms. The number of hydrogen-bond acceptors (Lipinski definition) is 4. The van der Waals surface area contributed by atoms with Crippen molar-refractivity contribution in [2.75, 3.05) is 6.61 Å². The van der Waals surface area contributed by atoms with Crippen LogP contribution in [0, 0.1) is 0 Å². The van der Waals surface area contributed by atoms with Crippen LogP contribution >= 0.6 is 0 Å². The third kappa shape index (κ3) is 10.1. The molecule has 0 saturated heterocycles. The Morgan fingerprint density at radius 1 is 0.882 bits per heavy atom. The predicted molar refractivity (Wildman–Crippen MR) is 77.7 cm³/mol. The lowest BCUT2D eigenvalue weighted by Gasteiger charge is -2.35. The van der Waals surface area contributed by atoms with Crippen molar-refractivity contribution in [3.8, 4) is 0 Å². The van der Waals surface area contributed by atoms with E-state index in [1.807, 2.05) is 26.2 Å². The van der Waals surface area contributed by atoms with Crippen LogP contribution in [0.25, 0.3) is 0 Å². The van der Waals surface area contributed by atoms with Crippen molar-refractivity contribution in [2.45, 2.75) is 59.0 Å². The van der Waals surface area contributed by atoms with Gasteiger partial charge in [-0.3, -0.25) is 0 Å². The molecule has 0 aromatic rings. The lowest BCUT2D eigenvalue weighted by Crippen LogP contribution is -2.53. The summed E-state index contributed by atoms with van der Waals surface area (Å²) >= 11 is 0. The zero-order valence-electron chi connectivity index (χ0n) is 12.3. The van der Waals surface area contributed by atoms with Crippen LogP contribution in [0.15, 0.2) is 0 Å². The van der Waals surface area contributed by atoms with Crippen LogP contribution in [0.1, 0.15) is 19.8 Å². The molecule has 0 aliphatic rings. The Hall–Kier alpha value is 0.491. The fourth-order valence-electron chi connectivity index (χ4n) is 1.71. The topological polar surface area (TPSA) is 47.9 Å². The highest BCUT2D eigenvalue weighted by Crippen LogP contribution is 2.20. The zero-order valence-corrected chi connectivity index (χ0v) is 15.3. The van der Waals surface area contributed by atoms with E-state index in [2.05, 4.69) is 6.92 Å². The molecule has 0 fully saturated rings. The molecule has 0 saturated carbocycles. The van der Waals surface area contributed by atoms with Gasteiger partial charge in [-0.1, -0.05) is 13.3 Å². The highest BCUT2D eigenvalue weighted by molar-refractivity contribution is 6.84. The Bertz CT molecular complexity index is 226. The Morgan fingerprint density at radius 2 is 1.41 bits per heavy atom.